The third kappa shape index (κ3) is 15.5. The second kappa shape index (κ2) is 24.1. The van der Waals surface area contributed by atoms with E-state index >= 15 is 0 Å². The number of phenols is 2. The molecule has 6 aromatic carbocycles. The number of aromatic nitrogens is 6. The van der Waals surface area contributed by atoms with Crippen LogP contribution in [0.3, 0.4) is 0 Å². The van der Waals surface area contributed by atoms with Gasteiger partial charge in [-0.25, -0.2) is 9.59 Å². The highest BCUT2D eigenvalue weighted by atomic mass is 16.5. The number of carbonyl (C=O) groups excluding carboxylic acids is 2. The summed E-state index contributed by atoms with van der Waals surface area (Å²) in [5.74, 6) is 0.0630. The first-order chi connectivity index (χ1) is 35.8. The molecule has 0 aliphatic heterocycles. The summed E-state index contributed by atoms with van der Waals surface area (Å²) in [4.78, 5) is 27.1. The first-order valence-electron chi connectivity index (χ1n) is 25.0. The quantitative estimate of drug-likeness (QED) is 0.0222. The second-order valence-electron chi connectivity index (χ2n) is 21.6. The number of carbonyl (C=O) groups is 2. The molecule has 0 radical (unpaired) electrons. The van der Waals surface area contributed by atoms with E-state index in [0.717, 1.165) is 49.8 Å². The van der Waals surface area contributed by atoms with Crippen LogP contribution in [0.2, 0.25) is 0 Å². The Morgan fingerprint density at radius 2 is 0.763 bits per heavy atom. The Hall–Kier alpha value is -8.64. The number of hydrogen-bond acceptors (Lipinski definition) is 12. The van der Waals surface area contributed by atoms with Gasteiger partial charge in [0.15, 0.2) is 0 Å². The van der Waals surface area contributed by atoms with Gasteiger partial charge in [0.25, 0.3) is 0 Å². The number of phenolic OH excluding ortho intramolecular Hbond substituents is 2. The number of benzene rings is 6. The minimum Gasteiger partial charge on any atom is -0.506 e. The molecule has 0 atom stereocenters. The number of hydrogen-bond donors (Lipinski definition) is 12. The Morgan fingerprint density at radius 3 is 1.09 bits per heavy atom. The molecule has 0 fully saturated rings. The third-order valence-corrected chi connectivity index (χ3v) is 12.6. The fourth-order valence-electron chi connectivity index (χ4n) is 7.42. The molecule has 0 unspecified atom stereocenters. The number of nitrogens with zero attached hydrogens (tertiary/aromatic N) is 1. The number of nitrogens with two attached hydrogens (primary N) is 4. The van der Waals surface area contributed by atoms with E-state index in [1.54, 1.807) is 36.4 Å². The van der Waals surface area contributed by atoms with Crippen molar-refractivity contribution in [3.63, 3.8) is 0 Å². The summed E-state index contributed by atoms with van der Waals surface area (Å²) in [5.41, 5.74) is 35.9. The molecule has 16 N–H and O–H groups in total. The van der Waals surface area contributed by atoms with E-state index < -0.39 is 11.9 Å². The van der Waals surface area contributed by atoms with E-state index in [1.165, 1.54) is 5.56 Å². The van der Waals surface area contributed by atoms with Crippen LogP contribution in [0.1, 0.15) is 105 Å². The van der Waals surface area contributed by atoms with Gasteiger partial charge in [-0.2, -0.15) is 0 Å². The van der Waals surface area contributed by atoms with Crippen LogP contribution in [0.25, 0.3) is 38.9 Å². The molecular weight excluding hydrogens is 963 g/mol. The molecule has 3 heterocycles. The van der Waals surface area contributed by atoms with Crippen LogP contribution in [0, 0.1) is 0 Å². The van der Waals surface area contributed by atoms with Gasteiger partial charge >= 0.3 is 11.9 Å². The zero-order chi connectivity index (χ0) is 55.5. The predicted molar refractivity (Wildman–Crippen MR) is 306 cm³/mol. The van der Waals surface area contributed by atoms with Gasteiger partial charge in [-0.15, -0.1) is 0 Å². The molecular formula is C58H75N11O7. The fourth-order valence-corrected chi connectivity index (χ4v) is 7.42. The van der Waals surface area contributed by atoms with Crippen LogP contribution in [0.15, 0.2) is 116 Å². The molecule has 0 saturated heterocycles. The highest BCUT2D eigenvalue weighted by Gasteiger charge is 2.18. The molecule has 0 spiro atoms. The smallest absolute Gasteiger partial charge is 0.338 e. The van der Waals surface area contributed by atoms with Gasteiger partial charge in [-0.3, -0.25) is 35.5 Å². The number of H-pyrrole nitrogens is 6. The third-order valence-electron chi connectivity index (χ3n) is 12.6. The van der Waals surface area contributed by atoms with Gasteiger partial charge < -0.3 is 47.4 Å². The Kier molecular flexibility index (Phi) is 18.0. The van der Waals surface area contributed by atoms with Crippen molar-refractivity contribution in [1.29, 1.82) is 0 Å². The Bertz CT molecular complexity index is 3010. The Balaban J connectivity index is 0.000000210. The van der Waals surface area contributed by atoms with E-state index in [1.807, 2.05) is 77.7 Å². The molecule has 0 saturated carbocycles. The van der Waals surface area contributed by atoms with Gasteiger partial charge in [0.1, 0.15) is 37.1 Å². The molecule has 18 heteroatoms. The van der Waals surface area contributed by atoms with Crippen molar-refractivity contribution in [2.24, 2.45) is 0 Å². The number of esters is 2. The van der Waals surface area contributed by atoms with Crippen LogP contribution in [0.4, 0.5) is 22.7 Å². The summed E-state index contributed by atoms with van der Waals surface area (Å²) in [6.07, 6.45) is 0. The van der Waals surface area contributed by atoms with Crippen molar-refractivity contribution in [3.8, 4) is 11.5 Å². The lowest BCUT2D eigenvalue weighted by Crippen LogP contribution is -2.34. The number of rotatable bonds is 13. The lowest BCUT2D eigenvalue weighted by molar-refractivity contribution is 0.0381. The number of fused-ring (bicyclic) bond motifs is 3. The van der Waals surface area contributed by atoms with E-state index in [9.17, 15) is 19.8 Å². The molecule has 0 bridgehead atoms. The molecule has 18 nitrogen and oxygen atoms in total. The van der Waals surface area contributed by atoms with Gasteiger partial charge in [0.05, 0.1) is 67.0 Å². The maximum Gasteiger partial charge on any atom is 0.338 e. The first kappa shape index (κ1) is 56.7. The zero-order valence-electron chi connectivity index (χ0n) is 45.0. The summed E-state index contributed by atoms with van der Waals surface area (Å²) in [5, 5.41) is 36.1. The molecule has 0 aliphatic carbocycles. The predicted octanol–water partition coefficient (Wildman–Crippen LogP) is 10.8. The number of ether oxygens (including phenoxy) is 3. The minimum atomic E-state index is -0.403. The topological polar surface area (TPSA) is 304 Å². The molecule has 404 valence electrons. The maximum absolute atomic E-state index is 12.5. The largest absolute Gasteiger partial charge is 0.506 e. The minimum absolute atomic E-state index is 0.0851. The standard InChI is InChI=1S/C28H29N7O5.C10H16N2.2C10H15NO/c1-17(18-2-5-21-24(14-18)32-29-21)38-11-8-35(9-12-39-27(36)19-3-6-22-25(15-19)33-30-22)10-13-40-28(37)20-4-7-23-26(16-20)34-31-23;1-10(2,3)7-4-5-8(11)9(12)6-7;2*1-10(2,3)7-4-5-9(12)8(11)6-7/h2-7,14-16,29-34H,1,8-13H2;4-6H,11-12H2,1-3H3;2*4-6,12H,11H2,1-3H3. The van der Waals surface area contributed by atoms with Crippen molar-refractivity contribution in [1.82, 2.24) is 35.5 Å². The summed E-state index contributed by atoms with van der Waals surface area (Å²) in [6.45, 7) is 25.2. The molecule has 9 rings (SSSR count). The van der Waals surface area contributed by atoms with E-state index in [4.69, 9.17) is 37.1 Å². The molecule has 0 aliphatic rings. The van der Waals surface area contributed by atoms with Crippen LogP contribution in [-0.4, -0.2) is 97.1 Å². The number of nitrogens with one attached hydrogen (secondary N) is 6. The average Bonchev–Trinajstić information content (AvgIpc) is 3.32. The number of aromatic amines is 6. The molecule has 0 amide bonds. The van der Waals surface area contributed by atoms with Crippen LogP contribution in [-0.2, 0) is 30.5 Å². The molecule has 76 heavy (non-hydrogen) atoms. The summed E-state index contributed by atoms with van der Waals surface area (Å²) < 4.78 is 16.9. The van der Waals surface area contributed by atoms with Crippen molar-refractivity contribution in [2.75, 3.05) is 62.4 Å². The summed E-state index contributed by atoms with van der Waals surface area (Å²) >= 11 is 0. The second-order valence-corrected chi connectivity index (χ2v) is 21.6. The zero-order valence-corrected chi connectivity index (χ0v) is 45.0. The maximum atomic E-state index is 12.5. The van der Waals surface area contributed by atoms with Gasteiger partial charge in [0.2, 0.25) is 0 Å². The van der Waals surface area contributed by atoms with Crippen LogP contribution in [0.5, 0.6) is 11.5 Å². The summed E-state index contributed by atoms with van der Waals surface area (Å²) in [6, 6.07) is 33.0. The van der Waals surface area contributed by atoms with Crippen LogP contribution >= 0.6 is 0 Å². The fraction of sp³-hybridized carbons (Fsp3) is 0.310. The molecule has 3 aromatic heterocycles. The van der Waals surface area contributed by atoms with Gasteiger partial charge in [-0.1, -0.05) is 87.1 Å². The first-order valence-corrected chi connectivity index (χ1v) is 25.0. The lowest BCUT2D eigenvalue weighted by Gasteiger charge is -2.22. The van der Waals surface area contributed by atoms with E-state index in [2.05, 4.69) is 99.5 Å². The van der Waals surface area contributed by atoms with Crippen molar-refractivity contribution in [2.45, 2.75) is 78.6 Å². The van der Waals surface area contributed by atoms with E-state index in [-0.39, 0.29) is 41.0 Å². The van der Waals surface area contributed by atoms with Crippen molar-refractivity contribution >= 4 is 73.5 Å². The Labute approximate surface area is 443 Å². The monoisotopic (exact) mass is 1040 g/mol. The number of aromatic hydroxyl groups is 2. The van der Waals surface area contributed by atoms with Gasteiger partial charge in [-0.05, 0) is 124 Å². The average molecular weight is 1040 g/mol. The normalized spacial score (nSPS) is 11.6. The van der Waals surface area contributed by atoms with E-state index in [0.29, 0.717) is 65.9 Å². The highest BCUT2D eigenvalue weighted by Crippen LogP contribution is 2.30. The van der Waals surface area contributed by atoms with Crippen molar-refractivity contribution in [3.05, 3.63) is 149 Å². The van der Waals surface area contributed by atoms with Crippen LogP contribution < -0.4 is 22.9 Å². The summed E-state index contributed by atoms with van der Waals surface area (Å²) in [7, 11) is 0. The highest BCUT2D eigenvalue weighted by molar-refractivity contribution is 5.94. The SMILES string of the molecule is C=C(OCCN(CCOC(=O)c1ccc2[nH][nH]c2c1)CCOC(=O)c1ccc2[nH][nH]c2c1)c1ccc2[nH][nH]c2c1.CC(C)(C)c1ccc(N)c(N)c1.CC(C)(C)c1ccc(O)c(N)c1.CC(C)(C)c1ccc(O)c(N)c1. The molecule has 9 aromatic rings. The van der Waals surface area contributed by atoms with Gasteiger partial charge in [0, 0.05) is 25.2 Å². The number of nitrogen functional groups attached to an aromatic ring is 4. The lowest BCUT2D eigenvalue weighted by atomic mass is 9.87. The number of anilines is 4. The Morgan fingerprint density at radius 1 is 0.434 bits per heavy atom. The van der Waals surface area contributed by atoms with Crippen molar-refractivity contribution < 1.29 is 34.0 Å².